The summed E-state index contributed by atoms with van der Waals surface area (Å²) in [6.45, 7) is 4.40. The van der Waals surface area contributed by atoms with Crippen LogP contribution in [-0.2, 0) is 12.8 Å². The van der Waals surface area contributed by atoms with E-state index in [1.807, 2.05) is 6.07 Å². The fourth-order valence-electron chi connectivity index (χ4n) is 1.81. The second-order valence-electron chi connectivity index (χ2n) is 3.95. The summed E-state index contributed by atoms with van der Waals surface area (Å²) in [4.78, 5) is 0. The molecule has 1 heteroatoms. The van der Waals surface area contributed by atoms with Crippen LogP contribution < -0.4 is 0 Å². The first-order valence-electron chi connectivity index (χ1n) is 5.83. The predicted octanol–water partition coefficient (Wildman–Crippen LogP) is 3.85. The summed E-state index contributed by atoms with van der Waals surface area (Å²) in [5.41, 5.74) is 3.59. The maximum absolute atomic E-state index is 8.86. The number of benzene rings is 1. The first-order chi connectivity index (χ1) is 7.31. The van der Waals surface area contributed by atoms with E-state index in [0.29, 0.717) is 0 Å². The van der Waals surface area contributed by atoms with Gasteiger partial charge in [-0.25, -0.2) is 0 Å². The second kappa shape index (κ2) is 6.24. The van der Waals surface area contributed by atoms with E-state index in [1.165, 1.54) is 30.4 Å². The molecule has 0 fully saturated rings. The molecule has 0 bridgehead atoms. The average molecular weight is 201 g/mol. The number of hydrogen-bond acceptors (Lipinski definition) is 1. The van der Waals surface area contributed by atoms with E-state index in [0.717, 1.165) is 18.4 Å². The molecule has 0 amide bonds. The third-order valence-corrected chi connectivity index (χ3v) is 2.65. The highest BCUT2D eigenvalue weighted by Crippen LogP contribution is 2.16. The van der Waals surface area contributed by atoms with Crippen molar-refractivity contribution >= 4 is 0 Å². The normalized spacial score (nSPS) is 9.93. The molecule has 1 rings (SSSR count). The zero-order chi connectivity index (χ0) is 11.1. The molecule has 0 spiro atoms. The van der Waals surface area contributed by atoms with Crippen molar-refractivity contribution in [3.63, 3.8) is 0 Å². The van der Waals surface area contributed by atoms with Crippen molar-refractivity contribution in [2.45, 2.75) is 46.0 Å². The summed E-state index contributed by atoms with van der Waals surface area (Å²) in [6.07, 6.45) is 5.84. The molecular formula is C14H19N. The molecule has 15 heavy (non-hydrogen) atoms. The van der Waals surface area contributed by atoms with Gasteiger partial charge in [0.25, 0.3) is 0 Å². The number of nitriles is 1. The molecule has 1 nitrogen and oxygen atoms in total. The van der Waals surface area contributed by atoms with E-state index in [2.05, 4.69) is 32.0 Å². The van der Waals surface area contributed by atoms with Gasteiger partial charge in [0.15, 0.2) is 0 Å². The van der Waals surface area contributed by atoms with Crippen LogP contribution in [0.5, 0.6) is 0 Å². The van der Waals surface area contributed by atoms with Crippen molar-refractivity contribution in [1.82, 2.24) is 0 Å². The largest absolute Gasteiger partial charge is 0.192 e. The quantitative estimate of drug-likeness (QED) is 0.709. The van der Waals surface area contributed by atoms with Gasteiger partial charge in [-0.1, -0.05) is 32.8 Å². The Balaban J connectivity index is 2.90. The van der Waals surface area contributed by atoms with Crippen LogP contribution in [-0.4, -0.2) is 0 Å². The van der Waals surface area contributed by atoms with Gasteiger partial charge >= 0.3 is 0 Å². The van der Waals surface area contributed by atoms with Crippen LogP contribution in [0.1, 0.15) is 49.8 Å². The second-order valence-corrected chi connectivity index (χ2v) is 3.95. The van der Waals surface area contributed by atoms with Gasteiger partial charge in [0.05, 0.1) is 11.6 Å². The molecule has 0 saturated carbocycles. The maximum Gasteiger partial charge on any atom is 0.0991 e. The van der Waals surface area contributed by atoms with E-state index in [9.17, 15) is 0 Å². The Morgan fingerprint density at radius 1 is 1.07 bits per heavy atom. The van der Waals surface area contributed by atoms with Crippen molar-refractivity contribution in [3.05, 3.63) is 34.9 Å². The zero-order valence-corrected chi connectivity index (χ0v) is 9.71. The van der Waals surface area contributed by atoms with Crippen molar-refractivity contribution < 1.29 is 0 Å². The van der Waals surface area contributed by atoms with Crippen LogP contribution in [0.2, 0.25) is 0 Å². The Kier molecular flexibility index (Phi) is 4.90. The van der Waals surface area contributed by atoms with Crippen molar-refractivity contribution in [3.8, 4) is 6.07 Å². The molecule has 1 aromatic carbocycles. The molecule has 1 aromatic rings. The lowest BCUT2D eigenvalue weighted by Gasteiger charge is -2.08. The molecule has 0 radical (unpaired) electrons. The average Bonchev–Trinajstić information content (AvgIpc) is 2.28. The van der Waals surface area contributed by atoms with Crippen LogP contribution in [0.25, 0.3) is 0 Å². The van der Waals surface area contributed by atoms with Gasteiger partial charge in [-0.2, -0.15) is 5.26 Å². The molecule has 0 heterocycles. The highest BCUT2D eigenvalue weighted by Gasteiger charge is 2.02. The van der Waals surface area contributed by atoms with Crippen LogP contribution in [0, 0.1) is 11.3 Å². The molecule has 0 unspecified atom stereocenters. The Bertz CT molecular complexity index is 347. The highest BCUT2D eigenvalue weighted by atomic mass is 14.2. The topological polar surface area (TPSA) is 23.8 Å². The number of rotatable bonds is 5. The van der Waals surface area contributed by atoms with E-state index in [-0.39, 0.29) is 0 Å². The Morgan fingerprint density at radius 2 is 1.87 bits per heavy atom. The van der Waals surface area contributed by atoms with Crippen LogP contribution >= 0.6 is 0 Å². The first kappa shape index (κ1) is 11.8. The van der Waals surface area contributed by atoms with Gasteiger partial charge in [-0.05, 0) is 42.5 Å². The van der Waals surface area contributed by atoms with E-state index < -0.39 is 0 Å². The standard InChI is InChI=1S/C14H19N/c1-3-5-7-14-10-12(11-15)8-9-13(14)6-4-2/h8-10H,3-7H2,1-2H3. The van der Waals surface area contributed by atoms with E-state index in [4.69, 9.17) is 5.26 Å². The monoisotopic (exact) mass is 201 g/mol. The minimum atomic E-state index is 0.793. The lowest BCUT2D eigenvalue weighted by molar-refractivity contribution is 0.780. The summed E-state index contributed by atoms with van der Waals surface area (Å²) < 4.78 is 0. The van der Waals surface area contributed by atoms with Gasteiger partial charge in [-0.15, -0.1) is 0 Å². The van der Waals surface area contributed by atoms with Crippen LogP contribution in [0.3, 0.4) is 0 Å². The lowest BCUT2D eigenvalue weighted by atomic mass is 9.97. The molecule has 0 aliphatic rings. The van der Waals surface area contributed by atoms with E-state index in [1.54, 1.807) is 0 Å². The minimum absolute atomic E-state index is 0.793. The summed E-state index contributed by atoms with van der Waals surface area (Å²) in [7, 11) is 0. The number of unbranched alkanes of at least 4 members (excludes halogenated alkanes) is 1. The third kappa shape index (κ3) is 3.40. The van der Waals surface area contributed by atoms with Gasteiger partial charge in [0.2, 0.25) is 0 Å². The SMILES string of the molecule is CCCCc1cc(C#N)ccc1CCC. The minimum Gasteiger partial charge on any atom is -0.192 e. The van der Waals surface area contributed by atoms with Gasteiger partial charge in [0.1, 0.15) is 0 Å². The summed E-state index contributed by atoms with van der Waals surface area (Å²) in [6, 6.07) is 8.32. The Hall–Kier alpha value is -1.29. The van der Waals surface area contributed by atoms with Gasteiger partial charge < -0.3 is 0 Å². The van der Waals surface area contributed by atoms with Gasteiger partial charge in [0, 0.05) is 0 Å². The Morgan fingerprint density at radius 3 is 2.47 bits per heavy atom. The smallest absolute Gasteiger partial charge is 0.0991 e. The fraction of sp³-hybridized carbons (Fsp3) is 0.500. The summed E-state index contributed by atoms with van der Waals surface area (Å²) >= 11 is 0. The maximum atomic E-state index is 8.86. The summed E-state index contributed by atoms with van der Waals surface area (Å²) in [5.74, 6) is 0. The van der Waals surface area contributed by atoms with Crippen LogP contribution in [0.15, 0.2) is 18.2 Å². The molecule has 0 aromatic heterocycles. The zero-order valence-electron chi connectivity index (χ0n) is 9.71. The van der Waals surface area contributed by atoms with Crippen molar-refractivity contribution in [2.24, 2.45) is 0 Å². The molecule has 0 atom stereocenters. The molecular weight excluding hydrogens is 182 g/mol. The number of hydrogen-bond donors (Lipinski definition) is 0. The number of aryl methyl sites for hydroxylation is 2. The predicted molar refractivity (Wildman–Crippen MR) is 63.8 cm³/mol. The Labute approximate surface area is 92.7 Å². The molecule has 80 valence electrons. The molecule has 0 N–H and O–H groups in total. The molecule has 0 aliphatic heterocycles. The summed E-state index contributed by atoms with van der Waals surface area (Å²) in [5, 5.41) is 8.86. The first-order valence-corrected chi connectivity index (χ1v) is 5.83. The van der Waals surface area contributed by atoms with Crippen molar-refractivity contribution in [2.75, 3.05) is 0 Å². The van der Waals surface area contributed by atoms with Crippen molar-refractivity contribution in [1.29, 1.82) is 5.26 Å². The fourth-order valence-corrected chi connectivity index (χ4v) is 1.81. The van der Waals surface area contributed by atoms with E-state index >= 15 is 0 Å². The van der Waals surface area contributed by atoms with Gasteiger partial charge in [-0.3, -0.25) is 0 Å². The molecule has 0 saturated heterocycles. The third-order valence-electron chi connectivity index (χ3n) is 2.65. The van der Waals surface area contributed by atoms with Crippen LogP contribution in [0.4, 0.5) is 0 Å². The number of nitrogens with zero attached hydrogens (tertiary/aromatic N) is 1. The lowest BCUT2D eigenvalue weighted by Crippen LogP contribution is -1.95. The highest BCUT2D eigenvalue weighted by molar-refractivity contribution is 5.38. The molecule has 0 aliphatic carbocycles.